The molecule has 0 bridgehead atoms. The van der Waals surface area contributed by atoms with E-state index in [2.05, 4.69) is 22.2 Å². The summed E-state index contributed by atoms with van der Waals surface area (Å²) in [6.07, 6.45) is 5.30. The molecule has 23 heavy (non-hydrogen) atoms. The molecule has 0 aliphatic carbocycles. The van der Waals surface area contributed by atoms with E-state index >= 15 is 0 Å². The smallest absolute Gasteiger partial charge is 0.257 e. The van der Waals surface area contributed by atoms with Gasteiger partial charge in [-0.1, -0.05) is 13.3 Å². The summed E-state index contributed by atoms with van der Waals surface area (Å²) in [4.78, 5) is 21.1. The van der Waals surface area contributed by atoms with Crippen molar-refractivity contribution in [3.05, 3.63) is 35.9 Å². The van der Waals surface area contributed by atoms with Crippen molar-refractivity contribution in [1.29, 1.82) is 0 Å². The van der Waals surface area contributed by atoms with E-state index < -0.39 is 0 Å². The summed E-state index contributed by atoms with van der Waals surface area (Å²) < 4.78 is 12.1. The predicted molar refractivity (Wildman–Crippen MR) is 85.7 cm³/mol. The van der Waals surface area contributed by atoms with Gasteiger partial charge in [-0.05, 0) is 12.5 Å². The highest BCUT2D eigenvalue weighted by Crippen LogP contribution is 2.22. The number of pyridine rings is 1. The Bertz CT molecular complexity index is 669. The van der Waals surface area contributed by atoms with Gasteiger partial charge in [0.2, 0.25) is 11.8 Å². The van der Waals surface area contributed by atoms with Gasteiger partial charge in [0.25, 0.3) is 5.91 Å². The summed E-state index contributed by atoms with van der Waals surface area (Å²) in [5.74, 6) is 1.20. The van der Waals surface area contributed by atoms with Crippen molar-refractivity contribution in [1.82, 2.24) is 19.9 Å². The standard InChI is InChI=1S/C16H22N4O3/c1-5-6-12(14-17-9-10-20(14)2)18-15(21)11-7-8-13(22-3)19-16(11)23-4/h7-10,12H,5-6H2,1-4H3,(H,18,21)/t12-/m0/s1. The molecule has 1 atom stereocenters. The van der Waals surface area contributed by atoms with Crippen LogP contribution in [0, 0.1) is 0 Å². The van der Waals surface area contributed by atoms with Crippen LogP contribution >= 0.6 is 0 Å². The maximum absolute atomic E-state index is 12.6. The second-order valence-electron chi connectivity index (χ2n) is 5.12. The first-order valence-electron chi connectivity index (χ1n) is 7.47. The second kappa shape index (κ2) is 7.62. The number of nitrogens with zero attached hydrogens (tertiary/aromatic N) is 3. The largest absolute Gasteiger partial charge is 0.481 e. The molecular weight excluding hydrogens is 296 g/mol. The summed E-state index contributed by atoms with van der Waals surface area (Å²) in [7, 11) is 4.90. The van der Waals surface area contributed by atoms with Crippen molar-refractivity contribution < 1.29 is 14.3 Å². The predicted octanol–water partition coefficient (Wildman–Crippen LogP) is 2.10. The summed E-state index contributed by atoms with van der Waals surface area (Å²) in [6, 6.07) is 3.10. The number of aromatic nitrogens is 3. The van der Waals surface area contributed by atoms with E-state index in [4.69, 9.17) is 9.47 Å². The fraction of sp³-hybridized carbons (Fsp3) is 0.438. The number of carbonyl (C=O) groups is 1. The fourth-order valence-corrected chi connectivity index (χ4v) is 2.37. The van der Waals surface area contributed by atoms with E-state index in [0.717, 1.165) is 18.7 Å². The minimum Gasteiger partial charge on any atom is -0.481 e. The fourth-order valence-electron chi connectivity index (χ4n) is 2.37. The molecule has 0 aliphatic heterocycles. The molecule has 0 saturated heterocycles. The van der Waals surface area contributed by atoms with Crippen molar-refractivity contribution in [3.63, 3.8) is 0 Å². The number of methoxy groups -OCH3 is 2. The molecule has 0 fully saturated rings. The molecule has 2 aromatic rings. The zero-order valence-corrected chi connectivity index (χ0v) is 13.9. The van der Waals surface area contributed by atoms with Gasteiger partial charge in [0, 0.05) is 25.5 Å². The normalized spacial score (nSPS) is 11.8. The van der Waals surface area contributed by atoms with E-state index in [0.29, 0.717) is 11.4 Å². The van der Waals surface area contributed by atoms with Crippen LogP contribution in [0.2, 0.25) is 0 Å². The molecule has 0 spiro atoms. The molecular formula is C16H22N4O3. The Morgan fingerprint density at radius 2 is 2.13 bits per heavy atom. The molecule has 2 aromatic heterocycles. The van der Waals surface area contributed by atoms with Gasteiger partial charge in [0.15, 0.2) is 0 Å². The van der Waals surface area contributed by atoms with Crippen molar-refractivity contribution >= 4 is 5.91 Å². The number of imidazole rings is 1. The lowest BCUT2D eigenvalue weighted by Gasteiger charge is -2.18. The first-order chi connectivity index (χ1) is 11.1. The van der Waals surface area contributed by atoms with E-state index in [1.807, 2.05) is 17.8 Å². The van der Waals surface area contributed by atoms with Crippen molar-refractivity contribution in [2.24, 2.45) is 7.05 Å². The van der Waals surface area contributed by atoms with Crippen LogP contribution in [0.3, 0.4) is 0 Å². The number of hydrogen-bond acceptors (Lipinski definition) is 5. The molecule has 7 heteroatoms. The third-order valence-corrected chi connectivity index (χ3v) is 3.53. The Morgan fingerprint density at radius 3 is 2.70 bits per heavy atom. The zero-order valence-electron chi connectivity index (χ0n) is 13.9. The summed E-state index contributed by atoms with van der Waals surface area (Å²) in [6.45, 7) is 2.07. The van der Waals surface area contributed by atoms with Crippen molar-refractivity contribution in [2.75, 3.05) is 14.2 Å². The van der Waals surface area contributed by atoms with Crippen LogP contribution in [0.25, 0.3) is 0 Å². The van der Waals surface area contributed by atoms with Gasteiger partial charge in [-0.3, -0.25) is 4.79 Å². The van der Waals surface area contributed by atoms with Crippen molar-refractivity contribution in [2.45, 2.75) is 25.8 Å². The lowest BCUT2D eigenvalue weighted by molar-refractivity contribution is 0.0928. The molecule has 1 amide bonds. The van der Waals surface area contributed by atoms with Crippen molar-refractivity contribution in [3.8, 4) is 11.8 Å². The number of nitrogens with one attached hydrogen (secondary N) is 1. The number of ether oxygens (including phenoxy) is 2. The van der Waals surface area contributed by atoms with E-state index in [1.165, 1.54) is 14.2 Å². The van der Waals surface area contributed by atoms with Gasteiger partial charge in [-0.25, -0.2) is 4.98 Å². The van der Waals surface area contributed by atoms with Crippen LogP contribution in [-0.2, 0) is 7.05 Å². The molecule has 0 unspecified atom stereocenters. The van der Waals surface area contributed by atoms with Gasteiger partial charge >= 0.3 is 0 Å². The number of hydrogen-bond donors (Lipinski definition) is 1. The van der Waals surface area contributed by atoms with Gasteiger partial charge < -0.3 is 19.4 Å². The Hall–Kier alpha value is -2.57. The summed E-state index contributed by atoms with van der Waals surface area (Å²) in [5.41, 5.74) is 0.364. The average molecular weight is 318 g/mol. The van der Waals surface area contributed by atoms with Crippen LogP contribution in [-0.4, -0.2) is 34.7 Å². The molecule has 0 aromatic carbocycles. The van der Waals surface area contributed by atoms with E-state index in [-0.39, 0.29) is 17.8 Å². The van der Waals surface area contributed by atoms with E-state index in [9.17, 15) is 4.79 Å². The maximum Gasteiger partial charge on any atom is 0.257 e. The van der Waals surface area contributed by atoms with Gasteiger partial charge in [-0.2, -0.15) is 4.98 Å². The number of rotatable bonds is 7. The summed E-state index contributed by atoms with van der Waals surface area (Å²) in [5, 5.41) is 3.01. The van der Waals surface area contributed by atoms with Gasteiger partial charge in [0.1, 0.15) is 11.4 Å². The highest BCUT2D eigenvalue weighted by molar-refractivity contribution is 5.96. The highest BCUT2D eigenvalue weighted by atomic mass is 16.5. The minimum atomic E-state index is -0.251. The average Bonchev–Trinajstić information content (AvgIpc) is 2.99. The molecule has 124 valence electrons. The second-order valence-corrected chi connectivity index (χ2v) is 5.12. The number of amides is 1. The lowest BCUT2D eigenvalue weighted by atomic mass is 10.1. The Labute approximate surface area is 135 Å². The number of aryl methyl sites for hydroxylation is 1. The molecule has 0 radical (unpaired) electrons. The maximum atomic E-state index is 12.6. The van der Waals surface area contributed by atoms with E-state index in [1.54, 1.807) is 18.3 Å². The molecule has 0 aliphatic rings. The topological polar surface area (TPSA) is 78.3 Å². The Morgan fingerprint density at radius 1 is 1.35 bits per heavy atom. The lowest BCUT2D eigenvalue weighted by Crippen LogP contribution is -2.30. The third-order valence-electron chi connectivity index (χ3n) is 3.53. The number of carbonyl (C=O) groups excluding carboxylic acids is 1. The third kappa shape index (κ3) is 3.80. The Kier molecular flexibility index (Phi) is 5.56. The summed E-state index contributed by atoms with van der Waals surface area (Å²) >= 11 is 0. The molecule has 1 N–H and O–H groups in total. The van der Waals surface area contributed by atoms with Crippen LogP contribution < -0.4 is 14.8 Å². The molecule has 2 rings (SSSR count). The van der Waals surface area contributed by atoms with Crippen LogP contribution in [0.4, 0.5) is 0 Å². The van der Waals surface area contributed by atoms with Gasteiger partial charge in [-0.15, -0.1) is 0 Å². The highest BCUT2D eigenvalue weighted by Gasteiger charge is 2.21. The monoisotopic (exact) mass is 318 g/mol. The minimum absolute atomic E-state index is 0.167. The van der Waals surface area contributed by atoms with Gasteiger partial charge in [0.05, 0.1) is 20.3 Å². The van der Waals surface area contributed by atoms with Crippen LogP contribution in [0.5, 0.6) is 11.8 Å². The molecule has 7 nitrogen and oxygen atoms in total. The Balaban J connectivity index is 2.24. The SMILES string of the molecule is CCC[C@H](NC(=O)c1ccc(OC)nc1OC)c1nccn1C. The first kappa shape index (κ1) is 16.8. The van der Waals surface area contributed by atoms with Crippen LogP contribution in [0.15, 0.2) is 24.5 Å². The zero-order chi connectivity index (χ0) is 16.8. The first-order valence-corrected chi connectivity index (χ1v) is 7.47. The molecule has 0 saturated carbocycles. The van der Waals surface area contributed by atoms with Crippen LogP contribution in [0.1, 0.15) is 42.0 Å². The molecule has 2 heterocycles. The quantitative estimate of drug-likeness (QED) is 0.846.